The Morgan fingerprint density at radius 1 is 1.15 bits per heavy atom. The lowest BCUT2D eigenvalue weighted by molar-refractivity contribution is -0.145. The fourth-order valence-electron chi connectivity index (χ4n) is 5.77. The largest absolute Gasteiger partial charge is 0.501 e. The number of halogens is 1. The van der Waals surface area contributed by atoms with Crippen LogP contribution in [0.1, 0.15) is 60.0 Å². The van der Waals surface area contributed by atoms with Crippen LogP contribution in [0, 0.1) is 18.2 Å². The van der Waals surface area contributed by atoms with E-state index in [1.165, 1.54) is 35.7 Å². The third-order valence-electron chi connectivity index (χ3n) is 8.22. The lowest BCUT2D eigenvalue weighted by Crippen LogP contribution is -2.54. The summed E-state index contributed by atoms with van der Waals surface area (Å²) < 4.78 is 15.0. The quantitative estimate of drug-likeness (QED) is 0.437. The average Bonchev–Trinajstić information content (AvgIpc) is 3.13. The van der Waals surface area contributed by atoms with Crippen molar-refractivity contribution in [1.82, 2.24) is 30.0 Å². The molecule has 12 heteroatoms. The van der Waals surface area contributed by atoms with Crippen molar-refractivity contribution in [2.24, 2.45) is 5.41 Å². The summed E-state index contributed by atoms with van der Waals surface area (Å²) in [4.78, 5) is 60.0. The minimum atomic E-state index is -1.18. The molecule has 0 unspecified atom stereocenters. The predicted molar refractivity (Wildman–Crippen MR) is 145 cm³/mol. The van der Waals surface area contributed by atoms with Crippen LogP contribution in [0.4, 0.5) is 4.39 Å². The first-order valence-electron chi connectivity index (χ1n) is 13.4. The van der Waals surface area contributed by atoms with E-state index in [9.17, 15) is 28.7 Å². The molecule has 0 atom stereocenters. The molecule has 3 aliphatic rings. The van der Waals surface area contributed by atoms with Crippen molar-refractivity contribution in [3.8, 4) is 5.75 Å². The number of carbonyl (C=O) groups excluding carboxylic acids is 3. The van der Waals surface area contributed by atoms with Crippen molar-refractivity contribution in [3.05, 3.63) is 57.0 Å². The van der Waals surface area contributed by atoms with Gasteiger partial charge < -0.3 is 25.5 Å². The van der Waals surface area contributed by atoms with Gasteiger partial charge in [0.1, 0.15) is 11.6 Å². The Bertz CT molecular complexity index is 1400. The molecule has 40 heavy (non-hydrogen) atoms. The number of hydrogen-bond donors (Lipinski definition) is 3. The average molecular weight is 557 g/mol. The standard InChI is InChI=1S/C28H37FN6O5/c1-6-34(5)15-27-9-11-28(12-10-27,32-23(38)25(40)33(3)4)26-31-20(21(36)24(39)35(26)16-27)22(37)30-14-18-7-8-19(29)17(2)13-18/h7-8,13,36H,6,9-12,14-16H2,1-5H3,(H,30,37)(H,32,38). The van der Waals surface area contributed by atoms with Gasteiger partial charge in [-0.3, -0.25) is 23.7 Å². The minimum absolute atomic E-state index is 0.0190. The number of benzene rings is 1. The summed E-state index contributed by atoms with van der Waals surface area (Å²) in [5.74, 6) is -3.38. The summed E-state index contributed by atoms with van der Waals surface area (Å²) in [5.41, 5.74) is -1.70. The highest BCUT2D eigenvalue weighted by Gasteiger charge is 2.52. The first-order chi connectivity index (χ1) is 18.8. The van der Waals surface area contributed by atoms with Crippen molar-refractivity contribution < 1.29 is 23.9 Å². The van der Waals surface area contributed by atoms with Crippen molar-refractivity contribution in [2.45, 2.75) is 58.2 Å². The molecular formula is C28H37FN6O5. The van der Waals surface area contributed by atoms with Gasteiger partial charge in [-0.15, -0.1) is 0 Å². The molecule has 3 N–H and O–H groups in total. The second kappa shape index (κ2) is 11.0. The van der Waals surface area contributed by atoms with E-state index in [0.29, 0.717) is 43.4 Å². The van der Waals surface area contributed by atoms with Crippen LogP contribution in [0.15, 0.2) is 23.0 Å². The normalized spacial score (nSPS) is 21.5. The number of likely N-dealkylation sites (N-methyl/N-ethyl adjacent to an activating group) is 1. The van der Waals surface area contributed by atoms with E-state index in [2.05, 4.69) is 20.5 Å². The first kappa shape index (κ1) is 29.2. The van der Waals surface area contributed by atoms with Gasteiger partial charge in [-0.25, -0.2) is 9.37 Å². The highest BCUT2D eigenvalue weighted by atomic mass is 19.1. The number of rotatable bonds is 7. The van der Waals surface area contributed by atoms with Crippen LogP contribution in [0.3, 0.4) is 0 Å². The molecule has 2 aliphatic heterocycles. The maximum absolute atomic E-state index is 13.6. The molecule has 3 heterocycles. The lowest BCUT2D eigenvalue weighted by atomic mass is 9.68. The Morgan fingerprint density at radius 3 is 2.42 bits per heavy atom. The van der Waals surface area contributed by atoms with E-state index < -0.39 is 40.3 Å². The summed E-state index contributed by atoms with van der Waals surface area (Å²) in [6.07, 6.45) is 2.10. The number of hydrogen-bond acceptors (Lipinski definition) is 7. The van der Waals surface area contributed by atoms with E-state index in [-0.39, 0.29) is 30.1 Å². The molecule has 5 rings (SSSR count). The molecule has 216 valence electrons. The number of aromatic nitrogens is 2. The van der Waals surface area contributed by atoms with Crippen LogP contribution in [0.5, 0.6) is 5.75 Å². The maximum atomic E-state index is 13.6. The van der Waals surface area contributed by atoms with Crippen molar-refractivity contribution in [1.29, 1.82) is 0 Å². The zero-order valence-electron chi connectivity index (χ0n) is 23.6. The van der Waals surface area contributed by atoms with E-state index in [1.807, 2.05) is 14.0 Å². The number of amides is 3. The van der Waals surface area contributed by atoms with Crippen LogP contribution < -0.4 is 16.2 Å². The smallest absolute Gasteiger partial charge is 0.311 e. The summed E-state index contributed by atoms with van der Waals surface area (Å²) in [6, 6.07) is 4.41. The van der Waals surface area contributed by atoms with Crippen LogP contribution in [-0.4, -0.2) is 76.4 Å². The van der Waals surface area contributed by atoms with E-state index in [1.54, 1.807) is 13.0 Å². The number of nitrogens with one attached hydrogen (secondary N) is 2. The van der Waals surface area contributed by atoms with Gasteiger partial charge >= 0.3 is 11.8 Å². The van der Waals surface area contributed by atoms with Gasteiger partial charge in [0.15, 0.2) is 5.69 Å². The molecule has 1 aliphatic carbocycles. The van der Waals surface area contributed by atoms with Crippen LogP contribution in [0.25, 0.3) is 0 Å². The molecule has 2 bridgehead atoms. The van der Waals surface area contributed by atoms with Gasteiger partial charge in [-0.05, 0) is 63.4 Å². The topological polar surface area (TPSA) is 137 Å². The zero-order valence-corrected chi connectivity index (χ0v) is 23.6. The first-order valence-corrected chi connectivity index (χ1v) is 13.4. The second-order valence-electron chi connectivity index (χ2n) is 11.4. The SMILES string of the molecule is CCN(C)CC12CCC(NC(=O)C(=O)N(C)C)(CC1)c1nc(C(=O)NCc3ccc(F)c(C)c3)c(O)c(=O)n1C2. The second-order valence-corrected chi connectivity index (χ2v) is 11.4. The molecule has 0 radical (unpaired) electrons. The summed E-state index contributed by atoms with van der Waals surface area (Å²) in [5, 5.41) is 16.3. The maximum Gasteiger partial charge on any atom is 0.311 e. The molecule has 3 amide bonds. The summed E-state index contributed by atoms with van der Waals surface area (Å²) in [6.45, 7) is 5.41. The highest BCUT2D eigenvalue weighted by molar-refractivity contribution is 6.35. The Hall–Kier alpha value is -3.80. The van der Waals surface area contributed by atoms with Gasteiger partial charge in [0, 0.05) is 39.1 Å². The van der Waals surface area contributed by atoms with Crippen LogP contribution >= 0.6 is 0 Å². The molecule has 1 aromatic heterocycles. The molecule has 1 saturated carbocycles. The molecular weight excluding hydrogens is 519 g/mol. The molecule has 1 fully saturated rings. The van der Waals surface area contributed by atoms with Gasteiger partial charge in [-0.1, -0.05) is 19.1 Å². The van der Waals surface area contributed by atoms with Crippen molar-refractivity contribution in [3.63, 3.8) is 0 Å². The third kappa shape index (κ3) is 5.45. The van der Waals surface area contributed by atoms with E-state index >= 15 is 0 Å². The fraction of sp³-hybridized carbons (Fsp3) is 0.536. The Kier molecular flexibility index (Phi) is 8.02. The van der Waals surface area contributed by atoms with Gasteiger partial charge in [0.25, 0.3) is 11.5 Å². The number of aryl methyl sites for hydroxylation is 1. The predicted octanol–water partition coefficient (Wildman–Crippen LogP) is 1.25. The molecule has 11 nitrogen and oxygen atoms in total. The highest BCUT2D eigenvalue weighted by Crippen LogP contribution is 2.49. The zero-order chi connectivity index (χ0) is 29.4. The van der Waals surface area contributed by atoms with Crippen LogP contribution in [-0.2, 0) is 28.2 Å². The Labute approximate surface area is 232 Å². The van der Waals surface area contributed by atoms with Crippen molar-refractivity contribution >= 4 is 17.7 Å². The van der Waals surface area contributed by atoms with Gasteiger partial charge in [-0.2, -0.15) is 0 Å². The number of fused-ring (bicyclic) bond motifs is 2. The third-order valence-corrected chi connectivity index (χ3v) is 8.22. The van der Waals surface area contributed by atoms with E-state index in [4.69, 9.17) is 0 Å². The number of aromatic hydroxyl groups is 1. The Morgan fingerprint density at radius 2 is 1.82 bits per heavy atom. The van der Waals surface area contributed by atoms with Crippen LogP contribution in [0.2, 0.25) is 0 Å². The van der Waals surface area contributed by atoms with Crippen molar-refractivity contribution in [2.75, 3.05) is 34.2 Å². The lowest BCUT2D eigenvalue weighted by Gasteiger charge is -2.43. The molecule has 0 saturated heterocycles. The number of nitrogens with zero attached hydrogens (tertiary/aromatic N) is 4. The fourth-order valence-corrected chi connectivity index (χ4v) is 5.77. The number of carbonyl (C=O) groups is 3. The van der Waals surface area contributed by atoms with E-state index in [0.717, 1.165) is 6.54 Å². The monoisotopic (exact) mass is 556 g/mol. The van der Waals surface area contributed by atoms with Gasteiger partial charge in [0.05, 0.1) is 5.54 Å². The molecule has 2 aromatic rings. The Balaban J connectivity index is 1.76. The minimum Gasteiger partial charge on any atom is -0.501 e. The summed E-state index contributed by atoms with van der Waals surface area (Å²) >= 11 is 0. The summed E-state index contributed by atoms with van der Waals surface area (Å²) in [7, 11) is 4.94. The molecule has 0 spiro atoms. The molecule has 1 aromatic carbocycles. The van der Waals surface area contributed by atoms with Gasteiger partial charge in [0.2, 0.25) is 5.75 Å².